The van der Waals surface area contributed by atoms with E-state index < -0.39 is 22.4 Å². The van der Waals surface area contributed by atoms with E-state index in [0.29, 0.717) is 0 Å². The molecule has 19 heavy (non-hydrogen) atoms. The minimum absolute atomic E-state index is 0.0700. The standard InChI is InChI=1S/C11H9ClFNO3S2/c12-7-1-2-8(13)9(5-7)14-19(16,17)11-3-4-18-10(11)6-15/h1-5,14-15H,6H2. The summed E-state index contributed by atoms with van der Waals surface area (Å²) in [6, 6.07) is 4.92. The van der Waals surface area contributed by atoms with E-state index in [4.69, 9.17) is 16.7 Å². The molecule has 0 radical (unpaired) electrons. The summed E-state index contributed by atoms with van der Waals surface area (Å²) >= 11 is 6.80. The van der Waals surface area contributed by atoms with E-state index in [1.54, 1.807) is 0 Å². The molecule has 0 aliphatic carbocycles. The maximum Gasteiger partial charge on any atom is 0.263 e. The number of aliphatic hydroxyl groups is 1. The average molecular weight is 322 g/mol. The van der Waals surface area contributed by atoms with Gasteiger partial charge < -0.3 is 5.11 Å². The summed E-state index contributed by atoms with van der Waals surface area (Å²) in [7, 11) is -3.95. The van der Waals surface area contributed by atoms with Gasteiger partial charge in [0.15, 0.2) is 0 Å². The lowest BCUT2D eigenvalue weighted by Crippen LogP contribution is -2.14. The average Bonchev–Trinajstić information content (AvgIpc) is 2.82. The van der Waals surface area contributed by atoms with Crippen LogP contribution in [0.25, 0.3) is 0 Å². The number of thiophene rings is 1. The number of hydrogen-bond donors (Lipinski definition) is 2. The molecule has 0 amide bonds. The molecule has 1 heterocycles. The van der Waals surface area contributed by atoms with E-state index >= 15 is 0 Å². The van der Waals surface area contributed by atoms with Gasteiger partial charge in [-0.05, 0) is 29.6 Å². The first-order valence-corrected chi connectivity index (χ1v) is 7.83. The third kappa shape index (κ3) is 3.06. The molecule has 0 aliphatic heterocycles. The number of nitrogens with one attached hydrogen (secondary N) is 1. The molecule has 0 spiro atoms. The number of sulfonamides is 1. The Morgan fingerprint density at radius 2 is 2.11 bits per heavy atom. The van der Waals surface area contributed by atoms with E-state index in [-0.39, 0.29) is 20.5 Å². The molecule has 1 aromatic heterocycles. The van der Waals surface area contributed by atoms with E-state index in [1.807, 2.05) is 0 Å². The summed E-state index contributed by atoms with van der Waals surface area (Å²) in [6.07, 6.45) is 0. The number of benzene rings is 1. The third-order valence-electron chi connectivity index (χ3n) is 2.31. The minimum Gasteiger partial charge on any atom is -0.391 e. The van der Waals surface area contributed by atoms with Gasteiger partial charge in [0.05, 0.1) is 17.2 Å². The van der Waals surface area contributed by atoms with Crippen LogP contribution in [0.3, 0.4) is 0 Å². The highest BCUT2D eigenvalue weighted by atomic mass is 35.5. The first-order valence-electron chi connectivity index (χ1n) is 5.09. The molecule has 0 saturated carbocycles. The van der Waals surface area contributed by atoms with E-state index in [2.05, 4.69) is 4.72 Å². The Bertz CT molecular complexity index is 700. The Hall–Kier alpha value is -1.15. The normalized spacial score (nSPS) is 11.5. The summed E-state index contributed by atoms with van der Waals surface area (Å²) < 4.78 is 39.8. The predicted octanol–water partition coefficient (Wildman–Crippen LogP) is 2.83. The zero-order chi connectivity index (χ0) is 14.0. The molecule has 0 unspecified atom stereocenters. The molecule has 2 N–H and O–H groups in total. The first-order chi connectivity index (χ1) is 8.94. The smallest absolute Gasteiger partial charge is 0.263 e. The lowest BCUT2D eigenvalue weighted by Gasteiger charge is -2.09. The number of rotatable bonds is 4. The SMILES string of the molecule is O=S(=O)(Nc1cc(Cl)ccc1F)c1ccsc1CO. The molecular formula is C11H9ClFNO3S2. The van der Waals surface area contributed by atoms with Crippen LogP contribution >= 0.6 is 22.9 Å². The van der Waals surface area contributed by atoms with Crippen LogP contribution in [0.5, 0.6) is 0 Å². The lowest BCUT2D eigenvalue weighted by atomic mass is 10.3. The fourth-order valence-corrected chi connectivity index (χ4v) is 3.99. The second kappa shape index (κ2) is 5.46. The van der Waals surface area contributed by atoms with E-state index in [1.165, 1.54) is 23.6 Å². The molecule has 0 saturated heterocycles. The highest BCUT2D eigenvalue weighted by Crippen LogP contribution is 2.26. The number of hydrogen-bond acceptors (Lipinski definition) is 4. The molecule has 0 aliphatic rings. The number of aliphatic hydroxyl groups excluding tert-OH is 1. The molecule has 4 nitrogen and oxygen atoms in total. The van der Waals surface area contributed by atoms with Crippen molar-refractivity contribution >= 4 is 38.6 Å². The molecule has 0 atom stereocenters. The molecule has 8 heteroatoms. The molecule has 2 aromatic rings. The van der Waals surface area contributed by atoms with Crippen molar-refractivity contribution in [1.82, 2.24) is 0 Å². The first kappa shape index (κ1) is 14.3. The van der Waals surface area contributed by atoms with Gasteiger partial charge in [-0.2, -0.15) is 0 Å². The largest absolute Gasteiger partial charge is 0.391 e. The van der Waals surface area contributed by atoms with Gasteiger partial charge in [0, 0.05) is 5.02 Å². The van der Waals surface area contributed by atoms with Crippen molar-refractivity contribution in [2.45, 2.75) is 11.5 Å². The van der Waals surface area contributed by atoms with Gasteiger partial charge in [-0.15, -0.1) is 11.3 Å². The van der Waals surface area contributed by atoms with Crippen molar-refractivity contribution in [3.63, 3.8) is 0 Å². The number of anilines is 1. The van der Waals surface area contributed by atoms with Crippen LogP contribution in [0.4, 0.5) is 10.1 Å². The summed E-state index contributed by atoms with van der Waals surface area (Å²) in [5, 5.41) is 10.8. The van der Waals surface area contributed by atoms with E-state index in [0.717, 1.165) is 17.4 Å². The molecule has 1 aromatic carbocycles. The van der Waals surface area contributed by atoms with Gasteiger partial charge in [0.2, 0.25) is 0 Å². The second-order valence-corrected chi connectivity index (χ2v) is 6.68. The van der Waals surface area contributed by atoms with Gasteiger partial charge in [-0.25, -0.2) is 12.8 Å². The Morgan fingerprint density at radius 1 is 1.37 bits per heavy atom. The van der Waals surface area contributed by atoms with Crippen LogP contribution in [0.1, 0.15) is 4.88 Å². The maximum absolute atomic E-state index is 13.5. The van der Waals surface area contributed by atoms with Crippen molar-refractivity contribution in [1.29, 1.82) is 0 Å². The van der Waals surface area contributed by atoms with Crippen molar-refractivity contribution in [3.8, 4) is 0 Å². The highest BCUT2D eigenvalue weighted by Gasteiger charge is 2.21. The third-order valence-corrected chi connectivity index (χ3v) is 5.03. The van der Waals surface area contributed by atoms with Crippen molar-refractivity contribution < 1.29 is 17.9 Å². The van der Waals surface area contributed by atoms with Crippen LogP contribution in [0.2, 0.25) is 5.02 Å². The minimum atomic E-state index is -3.95. The molecule has 2 rings (SSSR count). The van der Waals surface area contributed by atoms with Crippen molar-refractivity contribution in [2.24, 2.45) is 0 Å². The number of halogens is 2. The Kier molecular flexibility index (Phi) is 4.10. The summed E-state index contributed by atoms with van der Waals surface area (Å²) in [5.41, 5.74) is -0.234. The zero-order valence-electron chi connectivity index (χ0n) is 9.43. The topological polar surface area (TPSA) is 66.4 Å². The van der Waals surface area contributed by atoms with Crippen LogP contribution < -0.4 is 4.72 Å². The fraction of sp³-hybridized carbons (Fsp3) is 0.0909. The molecule has 0 fully saturated rings. The lowest BCUT2D eigenvalue weighted by molar-refractivity contribution is 0.282. The summed E-state index contributed by atoms with van der Waals surface area (Å²) in [4.78, 5) is 0.217. The van der Waals surface area contributed by atoms with Gasteiger partial charge in [0.25, 0.3) is 10.0 Å². The molecular weight excluding hydrogens is 313 g/mol. The van der Waals surface area contributed by atoms with Gasteiger partial charge in [-0.1, -0.05) is 11.6 Å². The Labute approximate surface area is 118 Å². The fourth-order valence-electron chi connectivity index (χ4n) is 1.46. The summed E-state index contributed by atoms with van der Waals surface area (Å²) in [6.45, 7) is -0.397. The molecule has 102 valence electrons. The Balaban J connectivity index is 2.39. The van der Waals surface area contributed by atoms with Crippen molar-refractivity contribution in [3.05, 3.63) is 45.4 Å². The quantitative estimate of drug-likeness (QED) is 0.910. The van der Waals surface area contributed by atoms with Gasteiger partial charge >= 0.3 is 0 Å². The zero-order valence-corrected chi connectivity index (χ0v) is 11.8. The van der Waals surface area contributed by atoms with Gasteiger partial charge in [-0.3, -0.25) is 4.72 Å². The summed E-state index contributed by atoms with van der Waals surface area (Å²) in [5.74, 6) is -0.728. The van der Waals surface area contributed by atoms with Crippen LogP contribution in [-0.4, -0.2) is 13.5 Å². The molecule has 0 bridgehead atoms. The second-order valence-electron chi connectivity index (χ2n) is 3.60. The van der Waals surface area contributed by atoms with Crippen LogP contribution in [-0.2, 0) is 16.6 Å². The highest BCUT2D eigenvalue weighted by molar-refractivity contribution is 7.93. The predicted molar refractivity (Wildman–Crippen MR) is 72.5 cm³/mol. The maximum atomic E-state index is 13.5. The monoisotopic (exact) mass is 321 g/mol. The van der Waals surface area contributed by atoms with E-state index in [9.17, 15) is 12.8 Å². The van der Waals surface area contributed by atoms with Crippen LogP contribution in [0, 0.1) is 5.82 Å². The Morgan fingerprint density at radius 3 is 2.79 bits per heavy atom. The van der Waals surface area contributed by atoms with Gasteiger partial charge in [0.1, 0.15) is 10.7 Å². The van der Waals surface area contributed by atoms with Crippen LogP contribution in [0.15, 0.2) is 34.5 Å². The van der Waals surface area contributed by atoms with Crippen molar-refractivity contribution in [2.75, 3.05) is 4.72 Å².